The molecule has 0 bridgehead atoms. The highest BCUT2D eigenvalue weighted by atomic mass is 31.1. The van der Waals surface area contributed by atoms with Crippen molar-refractivity contribution in [2.45, 2.75) is 13.8 Å². The molecule has 1 aromatic heterocycles. The minimum atomic E-state index is 0.0995. The minimum Gasteiger partial charge on any atom is -0.257 e. The van der Waals surface area contributed by atoms with Gasteiger partial charge in [0, 0.05) is 6.20 Å². The van der Waals surface area contributed by atoms with Crippen LogP contribution < -0.4 is 0 Å². The van der Waals surface area contributed by atoms with Gasteiger partial charge in [0.2, 0.25) is 0 Å². The largest absolute Gasteiger partial charge is 0.257 e. The topological polar surface area (TPSA) is 12.9 Å². The summed E-state index contributed by atoms with van der Waals surface area (Å²) in [7, 11) is 0.0995. The Morgan fingerprint density at radius 3 is 2.62 bits per heavy atom. The number of nitrogens with zero attached hydrogens (tertiary/aromatic N) is 1. The summed E-state index contributed by atoms with van der Waals surface area (Å²) >= 11 is 0. The molecule has 70 valence electrons. The van der Waals surface area contributed by atoms with Gasteiger partial charge in [-0.25, -0.2) is 0 Å². The number of rotatable bonds is 4. The van der Waals surface area contributed by atoms with Crippen molar-refractivity contribution >= 4 is 14.0 Å². The lowest BCUT2D eigenvalue weighted by atomic mass is 10.3. The summed E-state index contributed by atoms with van der Waals surface area (Å²) in [6.07, 6.45) is 6.52. The maximum Gasteiger partial charge on any atom is 0.0630 e. The maximum atomic E-state index is 4.24. The second-order valence-electron chi connectivity index (χ2n) is 2.79. The van der Waals surface area contributed by atoms with Gasteiger partial charge in [0.15, 0.2) is 0 Å². The Labute approximate surface area is 81.7 Å². The molecule has 0 spiro atoms. The van der Waals surface area contributed by atoms with E-state index >= 15 is 0 Å². The van der Waals surface area contributed by atoms with Crippen LogP contribution in [0.3, 0.4) is 0 Å². The molecule has 0 aliphatic heterocycles. The molecule has 0 saturated heterocycles. The van der Waals surface area contributed by atoms with Gasteiger partial charge < -0.3 is 0 Å². The third-order valence-corrected chi connectivity index (χ3v) is 4.15. The molecule has 0 aliphatic rings. The molecule has 0 aliphatic carbocycles. The lowest BCUT2D eigenvalue weighted by Gasteiger charge is -2.05. The van der Waals surface area contributed by atoms with E-state index in [2.05, 4.69) is 30.7 Å². The molecule has 0 unspecified atom stereocenters. The second-order valence-corrected chi connectivity index (χ2v) is 5.53. The van der Waals surface area contributed by atoms with Gasteiger partial charge in [-0.1, -0.05) is 33.7 Å². The molecule has 0 saturated carbocycles. The average molecular weight is 193 g/mol. The van der Waals surface area contributed by atoms with Gasteiger partial charge in [0.1, 0.15) is 0 Å². The standard InChI is InChI=1S/C11H16NP/c1-3-13(4-2)10-8-11-7-5-6-9-12-11/h5-10H,3-4H2,1-2H3. The first-order chi connectivity index (χ1) is 6.36. The summed E-state index contributed by atoms with van der Waals surface area (Å²) < 4.78 is 0. The van der Waals surface area contributed by atoms with E-state index in [0.717, 1.165) is 5.69 Å². The van der Waals surface area contributed by atoms with Crippen molar-refractivity contribution < 1.29 is 0 Å². The molecule has 1 aromatic rings. The van der Waals surface area contributed by atoms with Crippen molar-refractivity contribution in [3.8, 4) is 0 Å². The Morgan fingerprint density at radius 2 is 2.08 bits per heavy atom. The first-order valence-electron chi connectivity index (χ1n) is 4.70. The normalized spacial score (nSPS) is 11.3. The van der Waals surface area contributed by atoms with Crippen LogP contribution in [0.15, 0.2) is 30.2 Å². The van der Waals surface area contributed by atoms with Gasteiger partial charge in [-0.2, -0.15) is 0 Å². The van der Waals surface area contributed by atoms with Crippen LogP contribution in [0.4, 0.5) is 0 Å². The van der Waals surface area contributed by atoms with Crippen molar-refractivity contribution in [1.29, 1.82) is 0 Å². The fraction of sp³-hybridized carbons (Fsp3) is 0.364. The van der Waals surface area contributed by atoms with Crippen molar-refractivity contribution in [3.05, 3.63) is 35.9 Å². The molecule has 0 N–H and O–H groups in total. The van der Waals surface area contributed by atoms with Crippen molar-refractivity contribution in [1.82, 2.24) is 4.98 Å². The Balaban J connectivity index is 2.57. The van der Waals surface area contributed by atoms with Crippen LogP contribution in [0.1, 0.15) is 19.5 Å². The molecule has 0 radical (unpaired) electrons. The molecule has 0 aromatic carbocycles. The van der Waals surface area contributed by atoms with Crippen LogP contribution in [0.5, 0.6) is 0 Å². The number of pyridine rings is 1. The fourth-order valence-corrected chi connectivity index (χ4v) is 2.32. The number of hydrogen-bond acceptors (Lipinski definition) is 1. The first kappa shape index (κ1) is 10.4. The van der Waals surface area contributed by atoms with Gasteiger partial charge in [0.25, 0.3) is 0 Å². The molecule has 0 atom stereocenters. The van der Waals surface area contributed by atoms with Crippen LogP contribution >= 0.6 is 7.92 Å². The number of hydrogen-bond donors (Lipinski definition) is 0. The van der Waals surface area contributed by atoms with E-state index in [-0.39, 0.29) is 7.92 Å². The summed E-state index contributed by atoms with van der Waals surface area (Å²) in [4.78, 5) is 4.24. The predicted molar refractivity (Wildman–Crippen MR) is 61.3 cm³/mol. The zero-order valence-electron chi connectivity index (χ0n) is 8.27. The SMILES string of the molecule is CCP(C=Cc1ccccn1)CC. The van der Waals surface area contributed by atoms with Crippen LogP contribution in [0.25, 0.3) is 6.08 Å². The van der Waals surface area contributed by atoms with Gasteiger partial charge in [-0.15, -0.1) is 0 Å². The summed E-state index contributed by atoms with van der Waals surface area (Å²) in [6.45, 7) is 4.50. The highest BCUT2D eigenvalue weighted by Crippen LogP contribution is 2.36. The molecule has 13 heavy (non-hydrogen) atoms. The van der Waals surface area contributed by atoms with Gasteiger partial charge in [-0.3, -0.25) is 4.98 Å². The van der Waals surface area contributed by atoms with E-state index in [0.29, 0.717) is 0 Å². The fourth-order valence-electron chi connectivity index (χ4n) is 1.09. The third-order valence-electron chi connectivity index (χ3n) is 1.96. The third kappa shape index (κ3) is 3.69. The Morgan fingerprint density at radius 1 is 1.31 bits per heavy atom. The van der Waals surface area contributed by atoms with Gasteiger partial charge in [-0.05, 0) is 30.5 Å². The number of aromatic nitrogens is 1. The monoisotopic (exact) mass is 193 g/mol. The van der Waals surface area contributed by atoms with Crippen LogP contribution in [0, 0.1) is 0 Å². The summed E-state index contributed by atoms with van der Waals surface area (Å²) in [6, 6.07) is 6.00. The van der Waals surface area contributed by atoms with E-state index in [1.807, 2.05) is 24.4 Å². The lowest BCUT2D eigenvalue weighted by Crippen LogP contribution is -1.79. The van der Waals surface area contributed by atoms with E-state index in [1.165, 1.54) is 12.3 Å². The summed E-state index contributed by atoms with van der Waals surface area (Å²) in [5.74, 6) is 2.32. The van der Waals surface area contributed by atoms with Crippen LogP contribution in [0.2, 0.25) is 0 Å². The highest BCUT2D eigenvalue weighted by Gasteiger charge is 1.95. The molecule has 2 heteroatoms. The van der Waals surface area contributed by atoms with Gasteiger partial charge in [0.05, 0.1) is 5.69 Å². The molecule has 1 rings (SSSR count). The minimum absolute atomic E-state index is 0.0995. The zero-order valence-corrected chi connectivity index (χ0v) is 9.17. The average Bonchev–Trinajstić information content (AvgIpc) is 2.21. The zero-order chi connectivity index (χ0) is 9.52. The summed E-state index contributed by atoms with van der Waals surface area (Å²) in [5, 5.41) is 0. The lowest BCUT2D eigenvalue weighted by molar-refractivity contribution is 1.30. The van der Waals surface area contributed by atoms with Gasteiger partial charge >= 0.3 is 0 Å². The molecule has 1 heterocycles. The first-order valence-corrected chi connectivity index (χ1v) is 6.48. The Kier molecular flexibility index (Phi) is 4.70. The molecule has 0 fully saturated rings. The van der Waals surface area contributed by atoms with Crippen molar-refractivity contribution in [3.63, 3.8) is 0 Å². The summed E-state index contributed by atoms with van der Waals surface area (Å²) in [5.41, 5.74) is 1.07. The second kappa shape index (κ2) is 5.88. The quantitative estimate of drug-likeness (QED) is 0.666. The highest BCUT2D eigenvalue weighted by molar-refractivity contribution is 7.61. The van der Waals surface area contributed by atoms with E-state index in [1.54, 1.807) is 0 Å². The smallest absolute Gasteiger partial charge is 0.0630 e. The molecular weight excluding hydrogens is 177 g/mol. The molecule has 1 nitrogen and oxygen atoms in total. The van der Waals surface area contributed by atoms with Crippen molar-refractivity contribution in [2.24, 2.45) is 0 Å². The van der Waals surface area contributed by atoms with E-state index < -0.39 is 0 Å². The van der Waals surface area contributed by atoms with E-state index in [4.69, 9.17) is 0 Å². The molecule has 0 amide bonds. The molecular formula is C11H16NP. The Bertz CT molecular complexity index is 252. The van der Waals surface area contributed by atoms with Crippen LogP contribution in [-0.4, -0.2) is 17.3 Å². The van der Waals surface area contributed by atoms with Crippen molar-refractivity contribution in [2.75, 3.05) is 12.3 Å². The predicted octanol–water partition coefficient (Wildman–Crippen LogP) is 3.57. The maximum absolute atomic E-state index is 4.24. The Hall–Kier alpha value is -0.680. The van der Waals surface area contributed by atoms with E-state index in [9.17, 15) is 0 Å². The van der Waals surface area contributed by atoms with Crippen LogP contribution in [-0.2, 0) is 0 Å².